The highest BCUT2D eigenvalue weighted by Gasteiger charge is 2.18. The van der Waals surface area contributed by atoms with Gasteiger partial charge in [-0.3, -0.25) is 9.59 Å². The van der Waals surface area contributed by atoms with Crippen LogP contribution < -0.4 is 5.73 Å². The molecule has 0 heterocycles. The molecule has 0 atom stereocenters. The van der Waals surface area contributed by atoms with E-state index in [2.05, 4.69) is 0 Å². The molecule has 110 valence electrons. The summed E-state index contributed by atoms with van der Waals surface area (Å²) in [6, 6.07) is 7.50. The number of benzene rings is 1. The SMILES string of the molecule is CC(C)N(CC(N)=O)C(=O)CSCc1cccc(Cl)c1. The van der Waals surface area contributed by atoms with Gasteiger partial charge in [-0.25, -0.2) is 0 Å². The van der Waals surface area contributed by atoms with E-state index in [0.29, 0.717) is 16.5 Å². The van der Waals surface area contributed by atoms with Crippen molar-refractivity contribution in [2.75, 3.05) is 12.3 Å². The summed E-state index contributed by atoms with van der Waals surface area (Å²) in [7, 11) is 0. The maximum atomic E-state index is 12.0. The molecule has 1 aromatic rings. The van der Waals surface area contributed by atoms with Crippen molar-refractivity contribution in [3.63, 3.8) is 0 Å². The van der Waals surface area contributed by atoms with Gasteiger partial charge in [0.15, 0.2) is 0 Å². The molecule has 6 heteroatoms. The number of carbonyl (C=O) groups is 2. The van der Waals surface area contributed by atoms with Crippen LogP contribution in [-0.2, 0) is 15.3 Å². The Labute approximate surface area is 128 Å². The Morgan fingerprint density at radius 2 is 2.10 bits per heavy atom. The van der Waals surface area contributed by atoms with Crippen LogP contribution in [0.5, 0.6) is 0 Å². The van der Waals surface area contributed by atoms with Gasteiger partial charge in [0, 0.05) is 16.8 Å². The topological polar surface area (TPSA) is 63.4 Å². The van der Waals surface area contributed by atoms with Gasteiger partial charge in [-0.15, -0.1) is 11.8 Å². The van der Waals surface area contributed by atoms with Gasteiger partial charge in [0.2, 0.25) is 11.8 Å². The van der Waals surface area contributed by atoms with Crippen molar-refractivity contribution < 1.29 is 9.59 Å². The molecule has 0 aliphatic rings. The number of thioether (sulfide) groups is 1. The average molecular weight is 315 g/mol. The molecular weight excluding hydrogens is 296 g/mol. The maximum absolute atomic E-state index is 12.0. The number of nitrogens with zero attached hydrogens (tertiary/aromatic N) is 1. The number of hydrogen-bond donors (Lipinski definition) is 1. The van der Waals surface area contributed by atoms with E-state index in [-0.39, 0.29) is 18.5 Å². The summed E-state index contributed by atoms with van der Waals surface area (Å²) >= 11 is 7.39. The second-order valence-electron chi connectivity index (χ2n) is 4.70. The lowest BCUT2D eigenvalue weighted by atomic mass is 10.2. The summed E-state index contributed by atoms with van der Waals surface area (Å²) in [6.07, 6.45) is 0. The van der Waals surface area contributed by atoms with Crippen molar-refractivity contribution in [1.82, 2.24) is 4.90 Å². The van der Waals surface area contributed by atoms with Gasteiger partial charge in [0.05, 0.1) is 12.3 Å². The Morgan fingerprint density at radius 1 is 1.40 bits per heavy atom. The van der Waals surface area contributed by atoms with Crippen molar-refractivity contribution in [2.45, 2.75) is 25.6 Å². The van der Waals surface area contributed by atoms with E-state index in [4.69, 9.17) is 17.3 Å². The Morgan fingerprint density at radius 3 is 2.65 bits per heavy atom. The molecule has 20 heavy (non-hydrogen) atoms. The molecule has 1 aromatic carbocycles. The fourth-order valence-electron chi connectivity index (χ4n) is 1.69. The van der Waals surface area contributed by atoms with E-state index in [1.807, 2.05) is 38.1 Å². The van der Waals surface area contributed by atoms with Gasteiger partial charge in [0.25, 0.3) is 0 Å². The molecule has 0 saturated carbocycles. The first-order chi connectivity index (χ1) is 9.40. The van der Waals surface area contributed by atoms with Crippen LogP contribution in [0.1, 0.15) is 19.4 Å². The monoisotopic (exact) mass is 314 g/mol. The zero-order valence-electron chi connectivity index (χ0n) is 11.6. The van der Waals surface area contributed by atoms with E-state index in [9.17, 15) is 9.59 Å². The zero-order chi connectivity index (χ0) is 15.1. The second-order valence-corrected chi connectivity index (χ2v) is 6.13. The molecule has 2 amide bonds. The lowest BCUT2D eigenvalue weighted by molar-refractivity contribution is -0.134. The van der Waals surface area contributed by atoms with Crippen molar-refractivity contribution in [3.8, 4) is 0 Å². The summed E-state index contributed by atoms with van der Waals surface area (Å²) < 4.78 is 0. The van der Waals surface area contributed by atoms with Crippen LogP contribution in [0, 0.1) is 0 Å². The van der Waals surface area contributed by atoms with E-state index in [0.717, 1.165) is 5.56 Å². The van der Waals surface area contributed by atoms with Crippen molar-refractivity contribution in [1.29, 1.82) is 0 Å². The fourth-order valence-corrected chi connectivity index (χ4v) is 2.76. The third kappa shape index (κ3) is 5.84. The van der Waals surface area contributed by atoms with Crippen LogP contribution in [0.4, 0.5) is 0 Å². The Bertz CT molecular complexity index is 480. The van der Waals surface area contributed by atoms with E-state index in [1.54, 1.807) is 0 Å². The minimum Gasteiger partial charge on any atom is -0.368 e. The number of hydrogen-bond acceptors (Lipinski definition) is 3. The fraction of sp³-hybridized carbons (Fsp3) is 0.429. The Kier molecular flexibility index (Phi) is 6.88. The molecule has 0 fully saturated rings. The van der Waals surface area contributed by atoms with Gasteiger partial charge >= 0.3 is 0 Å². The van der Waals surface area contributed by atoms with Gasteiger partial charge in [-0.05, 0) is 31.5 Å². The summed E-state index contributed by atoms with van der Waals surface area (Å²) in [5, 5.41) is 0.687. The van der Waals surface area contributed by atoms with Gasteiger partial charge in [-0.1, -0.05) is 23.7 Å². The second kappa shape index (κ2) is 8.17. The molecule has 0 spiro atoms. The zero-order valence-corrected chi connectivity index (χ0v) is 13.2. The molecule has 4 nitrogen and oxygen atoms in total. The first-order valence-electron chi connectivity index (χ1n) is 6.30. The predicted octanol–water partition coefficient (Wildman–Crippen LogP) is 2.30. The average Bonchev–Trinajstić information content (AvgIpc) is 2.35. The van der Waals surface area contributed by atoms with Crippen molar-refractivity contribution in [2.24, 2.45) is 5.73 Å². The number of amides is 2. The van der Waals surface area contributed by atoms with Crippen LogP contribution in [0.3, 0.4) is 0 Å². The normalized spacial score (nSPS) is 10.6. The van der Waals surface area contributed by atoms with Gasteiger partial charge in [0.1, 0.15) is 0 Å². The molecule has 0 aromatic heterocycles. The highest BCUT2D eigenvalue weighted by molar-refractivity contribution is 7.99. The molecule has 0 radical (unpaired) electrons. The smallest absolute Gasteiger partial charge is 0.237 e. The maximum Gasteiger partial charge on any atom is 0.237 e. The summed E-state index contributed by atoms with van der Waals surface area (Å²) in [5.41, 5.74) is 6.22. The van der Waals surface area contributed by atoms with Crippen molar-refractivity contribution >= 4 is 35.2 Å². The number of primary amides is 1. The van der Waals surface area contributed by atoms with Gasteiger partial charge in [-0.2, -0.15) is 0 Å². The van der Waals surface area contributed by atoms with Crippen LogP contribution in [0.2, 0.25) is 5.02 Å². The molecule has 0 aliphatic carbocycles. The molecule has 0 unspecified atom stereocenters. The van der Waals surface area contributed by atoms with Gasteiger partial charge < -0.3 is 10.6 Å². The molecule has 2 N–H and O–H groups in total. The van der Waals surface area contributed by atoms with E-state index < -0.39 is 5.91 Å². The summed E-state index contributed by atoms with van der Waals surface area (Å²) in [4.78, 5) is 24.5. The van der Waals surface area contributed by atoms with E-state index in [1.165, 1.54) is 16.7 Å². The Balaban J connectivity index is 2.47. The standard InChI is InChI=1S/C14H19ClN2O2S/c1-10(2)17(7-13(16)18)14(19)9-20-8-11-4-3-5-12(15)6-11/h3-6,10H,7-9H2,1-2H3,(H2,16,18). The number of halogens is 1. The highest BCUT2D eigenvalue weighted by atomic mass is 35.5. The minimum absolute atomic E-state index is 0.0335. The molecule has 0 saturated heterocycles. The largest absolute Gasteiger partial charge is 0.368 e. The molecule has 0 bridgehead atoms. The number of nitrogens with two attached hydrogens (primary N) is 1. The summed E-state index contributed by atoms with van der Waals surface area (Å²) in [6.45, 7) is 3.69. The highest BCUT2D eigenvalue weighted by Crippen LogP contribution is 2.17. The predicted molar refractivity (Wildman–Crippen MR) is 83.7 cm³/mol. The first kappa shape index (κ1) is 16.9. The first-order valence-corrected chi connectivity index (χ1v) is 7.83. The summed E-state index contributed by atoms with van der Waals surface area (Å²) in [5.74, 6) is 0.449. The van der Waals surface area contributed by atoms with Crippen LogP contribution in [0.25, 0.3) is 0 Å². The van der Waals surface area contributed by atoms with E-state index >= 15 is 0 Å². The number of carbonyl (C=O) groups excluding carboxylic acids is 2. The Hall–Kier alpha value is -1.20. The van der Waals surface area contributed by atoms with Crippen LogP contribution in [0.15, 0.2) is 24.3 Å². The third-order valence-electron chi connectivity index (χ3n) is 2.65. The lowest BCUT2D eigenvalue weighted by Gasteiger charge is -2.25. The molecule has 1 rings (SSSR count). The minimum atomic E-state index is -0.494. The van der Waals surface area contributed by atoms with Crippen molar-refractivity contribution in [3.05, 3.63) is 34.9 Å². The van der Waals surface area contributed by atoms with Crippen LogP contribution >= 0.6 is 23.4 Å². The lowest BCUT2D eigenvalue weighted by Crippen LogP contribution is -2.43. The molecule has 0 aliphatic heterocycles. The molecular formula is C14H19ClN2O2S. The third-order valence-corrected chi connectivity index (χ3v) is 3.88. The number of rotatable bonds is 7. The van der Waals surface area contributed by atoms with Crippen LogP contribution in [-0.4, -0.2) is 35.1 Å². The quantitative estimate of drug-likeness (QED) is 0.840.